The lowest BCUT2D eigenvalue weighted by atomic mass is 9.94. The average molecular weight is 231 g/mol. The van der Waals surface area contributed by atoms with Crippen LogP contribution in [0.5, 0.6) is 0 Å². The Morgan fingerprint density at radius 3 is 2.86 bits per heavy atom. The summed E-state index contributed by atoms with van der Waals surface area (Å²) in [6.07, 6.45) is 9.35. The predicted octanol–water partition coefficient (Wildman–Crippen LogP) is 2.76. The summed E-state index contributed by atoms with van der Waals surface area (Å²) >= 11 is 4.17. The number of rotatable bonds is 3. The highest BCUT2D eigenvalue weighted by molar-refractivity contribution is 7.99. The minimum atomic E-state index is 0.824. The van der Waals surface area contributed by atoms with Crippen LogP contribution in [0.3, 0.4) is 0 Å². The van der Waals surface area contributed by atoms with Gasteiger partial charge in [-0.05, 0) is 37.7 Å². The van der Waals surface area contributed by atoms with Crippen LogP contribution in [-0.4, -0.2) is 35.1 Å². The van der Waals surface area contributed by atoms with Crippen LogP contribution in [0.1, 0.15) is 32.1 Å². The van der Waals surface area contributed by atoms with Gasteiger partial charge in [0.15, 0.2) is 0 Å². The molecule has 1 aliphatic heterocycles. The highest BCUT2D eigenvalue weighted by Gasteiger charge is 2.24. The van der Waals surface area contributed by atoms with E-state index >= 15 is 0 Å². The number of nitrogens with one attached hydrogen (secondary N) is 1. The molecular weight excluding hydrogens is 210 g/mol. The van der Waals surface area contributed by atoms with Gasteiger partial charge in [-0.1, -0.05) is 6.42 Å². The fraction of sp³-hybridized carbons (Fsp3) is 1.00. The van der Waals surface area contributed by atoms with E-state index in [9.17, 15) is 0 Å². The topological polar surface area (TPSA) is 12.0 Å². The van der Waals surface area contributed by atoms with Gasteiger partial charge in [0.05, 0.1) is 0 Å². The second-order valence-electron chi connectivity index (χ2n) is 4.45. The Kier molecular flexibility index (Phi) is 4.51. The zero-order valence-electron chi connectivity index (χ0n) is 9.00. The molecule has 3 atom stereocenters. The molecule has 0 aromatic carbocycles. The maximum atomic E-state index is 3.85. The minimum absolute atomic E-state index is 0.824. The molecule has 2 fully saturated rings. The third kappa shape index (κ3) is 3.07. The van der Waals surface area contributed by atoms with Gasteiger partial charge in [-0.3, -0.25) is 0 Å². The highest BCUT2D eigenvalue weighted by Crippen LogP contribution is 2.28. The van der Waals surface area contributed by atoms with E-state index < -0.39 is 0 Å². The van der Waals surface area contributed by atoms with Crippen molar-refractivity contribution in [2.75, 3.05) is 17.8 Å². The first kappa shape index (κ1) is 11.2. The quantitative estimate of drug-likeness (QED) is 0.802. The molecule has 0 amide bonds. The van der Waals surface area contributed by atoms with Gasteiger partial charge < -0.3 is 5.32 Å². The fourth-order valence-corrected chi connectivity index (χ4v) is 4.50. The molecule has 0 spiro atoms. The highest BCUT2D eigenvalue weighted by atomic mass is 32.2. The van der Waals surface area contributed by atoms with Crippen molar-refractivity contribution in [3.05, 3.63) is 0 Å². The Morgan fingerprint density at radius 1 is 1.21 bits per heavy atom. The van der Waals surface area contributed by atoms with Crippen LogP contribution in [0.2, 0.25) is 0 Å². The molecule has 0 bridgehead atoms. The molecule has 3 heteroatoms. The zero-order valence-corrected chi connectivity index (χ0v) is 10.6. The average Bonchev–Trinajstić information content (AvgIpc) is 2.71. The van der Waals surface area contributed by atoms with Gasteiger partial charge in [-0.15, -0.1) is 0 Å². The van der Waals surface area contributed by atoms with E-state index in [4.69, 9.17) is 0 Å². The molecule has 2 rings (SSSR count). The van der Waals surface area contributed by atoms with Crippen molar-refractivity contribution in [1.82, 2.24) is 5.32 Å². The second-order valence-corrected chi connectivity index (χ2v) is 6.74. The summed E-state index contributed by atoms with van der Waals surface area (Å²) in [6, 6.07) is 1.65. The second kappa shape index (κ2) is 5.66. The Balaban J connectivity index is 1.73. The van der Waals surface area contributed by atoms with Gasteiger partial charge >= 0.3 is 0 Å². The largest absolute Gasteiger partial charge is 0.310 e. The summed E-state index contributed by atoms with van der Waals surface area (Å²) in [4.78, 5) is 0. The van der Waals surface area contributed by atoms with Crippen LogP contribution in [0.25, 0.3) is 0 Å². The van der Waals surface area contributed by atoms with E-state index in [1.54, 1.807) is 0 Å². The van der Waals surface area contributed by atoms with Crippen molar-refractivity contribution in [3.63, 3.8) is 0 Å². The third-order valence-electron chi connectivity index (χ3n) is 3.36. The number of hydrogen-bond donors (Lipinski definition) is 1. The van der Waals surface area contributed by atoms with Crippen LogP contribution in [0, 0.1) is 0 Å². The van der Waals surface area contributed by atoms with Crippen LogP contribution < -0.4 is 5.32 Å². The molecule has 3 unspecified atom stereocenters. The molecule has 1 saturated carbocycles. The lowest BCUT2D eigenvalue weighted by Crippen LogP contribution is -2.41. The lowest BCUT2D eigenvalue weighted by Gasteiger charge is -2.30. The van der Waals surface area contributed by atoms with Gasteiger partial charge in [-0.25, -0.2) is 0 Å². The van der Waals surface area contributed by atoms with E-state index in [0.29, 0.717) is 0 Å². The maximum absolute atomic E-state index is 3.85. The van der Waals surface area contributed by atoms with Crippen molar-refractivity contribution >= 4 is 23.5 Å². The summed E-state index contributed by atoms with van der Waals surface area (Å²) in [6.45, 7) is 0. The fourth-order valence-electron chi connectivity index (χ4n) is 2.51. The van der Waals surface area contributed by atoms with Crippen molar-refractivity contribution in [2.24, 2.45) is 0 Å². The van der Waals surface area contributed by atoms with Crippen molar-refractivity contribution in [2.45, 2.75) is 49.4 Å². The van der Waals surface area contributed by atoms with E-state index in [0.717, 1.165) is 17.3 Å². The van der Waals surface area contributed by atoms with E-state index in [1.165, 1.54) is 43.6 Å². The van der Waals surface area contributed by atoms with Gasteiger partial charge in [0.1, 0.15) is 0 Å². The SMILES string of the molecule is CSC1CCCC(NC2CCSC2)C1. The van der Waals surface area contributed by atoms with Crippen LogP contribution in [0.15, 0.2) is 0 Å². The van der Waals surface area contributed by atoms with Crippen LogP contribution >= 0.6 is 23.5 Å². The molecule has 0 aromatic rings. The molecular formula is C11H21NS2. The molecule has 1 saturated heterocycles. The predicted molar refractivity (Wildman–Crippen MR) is 68.4 cm³/mol. The standard InChI is InChI=1S/C11H21NS2/c1-13-11-4-2-3-9(7-11)12-10-5-6-14-8-10/h9-12H,2-8H2,1H3. The zero-order chi connectivity index (χ0) is 9.80. The van der Waals surface area contributed by atoms with Crippen molar-refractivity contribution in [3.8, 4) is 0 Å². The molecule has 1 aliphatic carbocycles. The van der Waals surface area contributed by atoms with Gasteiger partial charge in [0.2, 0.25) is 0 Å². The van der Waals surface area contributed by atoms with Gasteiger partial charge in [0, 0.05) is 23.1 Å². The Hall–Kier alpha value is 0.660. The Labute approximate surface area is 96.2 Å². The smallest absolute Gasteiger partial charge is 0.0168 e. The van der Waals surface area contributed by atoms with E-state index in [2.05, 4.69) is 35.1 Å². The summed E-state index contributed by atoms with van der Waals surface area (Å²) < 4.78 is 0. The first-order valence-corrected chi connectivity index (χ1v) is 8.19. The summed E-state index contributed by atoms with van der Waals surface area (Å²) in [7, 11) is 0. The molecule has 1 heterocycles. The van der Waals surface area contributed by atoms with Gasteiger partial charge in [-0.2, -0.15) is 23.5 Å². The monoisotopic (exact) mass is 231 g/mol. The van der Waals surface area contributed by atoms with Crippen LogP contribution in [0.4, 0.5) is 0 Å². The lowest BCUT2D eigenvalue weighted by molar-refractivity contribution is 0.352. The summed E-state index contributed by atoms with van der Waals surface area (Å²) in [5, 5.41) is 4.77. The molecule has 0 aromatic heterocycles. The first-order valence-electron chi connectivity index (χ1n) is 5.75. The van der Waals surface area contributed by atoms with Gasteiger partial charge in [0.25, 0.3) is 0 Å². The number of thioether (sulfide) groups is 2. The first-order chi connectivity index (χ1) is 6.88. The normalized spacial score (nSPS) is 38.8. The van der Waals surface area contributed by atoms with Crippen molar-refractivity contribution < 1.29 is 0 Å². The number of hydrogen-bond acceptors (Lipinski definition) is 3. The molecule has 2 aliphatic rings. The Bertz CT molecular complexity index is 169. The van der Waals surface area contributed by atoms with E-state index in [1.807, 2.05) is 0 Å². The molecule has 0 radical (unpaired) electrons. The Morgan fingerprint density at radius 2 is 2.14 bits per heavy atom. The van der Waals surface area contributed by atoms with Crippen LogP contribution in [-0.2, 0) is 0 Å². The summed E-state index contributed by atoms with van der Waals surface area (Å²) in [5.41, 5.74) is 0. The molecule has 82 valence electrons. The maximum Gasteiger partial charge on any atom is 0.0168 e. The molecule has 1 nitrogen and oxygen atoms in total. The van der Waals surface area contributed by atoms with E-state index in [-0.39, 0.29) is 0 Å². The third-order valence-corrected chi connectivity index (χ3v) is 5.62. The summed E-state index contributed by atoms with van der Waals surface area (Å²) in [5.74, 6) is 2.72. The minimum Gasteiger partial charge on any atom is -0.310 e. The molecule has 1 N–H and O–H groups in total. The molecule has 14 heavy (non-hydrogen) atoms. The van der Waals surface area contributed by atoms with Crippen molar-refractivity contribution in [1.29, 1.82) is 0 Å².